The minimum Gasteiger partial charge on any atom is -0.434 e. The lowest BCUT2D eigenvalue weighted by Crippen LogP contribution is -2.00. The van der Waals surface area contributed by atoms with Crippen LogP contribution < -0.4 is 0 Å². The van der Waals surface area contributed by atoms with Crippen LogP contribution in [0.4, 0.5) is 0 Å². The first-order valence-corrected chi connectivity index (χ1v) is 7.63. The standard InChI is InChI=1S/C18H8N6O3/c19-9-13(17-21-11-5-1-3-7-15(11)25-17)23-27-24-14(10-20)18-22-12-6-2-4-8-16(12)26-18/h1-8H. The summed E-state index contributed by atoms with van der Waals surface area (Å²) < 4.78 is 10.9. The van der Waals surface area contributed by atoms with Gasteiger partial charge in [-0.15, -0.1) is 0 Å². The molecule has 0 fully saturated rings. The van der Waals surface area contributed by atoms with Crippen LogP contribution in [-0.2, 0) is 4.94 Å². The Hall–Kier alpha value is -4.50. The van der Waals surface area contributed by atoms with Gasteiger partial charge in [-0.3, -0.25) is 0 Å². The molecule has 0 saturated heterocycles. The summed E-state index contributed by atoms with van der Waals surface area (Å²) in [5, 5.41) is 25.6. The number of oxazole rings is 2. The SMILES string of the molecule is N#CC(=NON=C(C#N)c1nc2ccccc2o1)c1nc2ccccc2o1. The van der Waals surface area contributed by atoms with Crippen LogP contribution in [0.3, 0.4) is 0 Å². The second kappa shape index (κ2) is 6.78. The quantitative estimate of drug-likeness (QED) is 0.405. The molecule has 0 N–H and O–H groups in total. The van der Waals surface area contributed by atoms with Gasteiger partial charge in [-0.05, 0) is 34.6 Å². The molecule has 27 heavy (non-hydrogen) atoms. The number of nitriles is 2. The van der Waals surface area contributed by atoms with Gasteiger partial charge in [0.15, 0.2) is 11.2 Å². The van der Waals surface area contributed by atoms with Crippen molar-refractivity contribution in [1.82, 2.24) is 9.97 Å². The van der Waals surface area contributed by atoms with Gasteiger partial charge in [-0.1, -0.05) is 24.3 Å². The molecular formula is C18H8N6O3. The zero-order chi connectivity index (χ0) is 18.6. The van der Waals surface area contributed by atoms with Crippen LogP contribution >= 0.6 is 0 Å². The van der Waals surface area contributed by atoms with Crippen molar-refractivity contribution in [3.8, 4) is 12.1 Å². The molecule has 128 valence electrons. The Morgan fingerprint density at radius 3 is 1.63 bits per heavy atom. The third-order valence-corrected chi connectivity index (χ3v) is 3.47. The Labute approximate surface area is 151 Å². The fraction of sp³-hybridized carbons (Fsp3) is 0. The Morgan fingerprint density at radius 2 is 1.22 bits per heavy atom. The molecule has 4 rings (SSSR count). The first-order chi connectivity index (χ1) is 13.3. The minimum absolute atomic E-state index is 0.0192. The topological polar surface area (TPSA) is 134 Å². The van der Waals surface area contributed by atoms with Crippen molar-refractivity contribution in [1.29, 1.82) is 10.5 Å². The number of nitrogens with zero attached hydrogens (tertiary/aromatic N) is 6. The van der Waals surface area contributed by atoms with E-state index >= 15 is 0 Å². The number of para-hydroxylation sites is 4. The number of hydrogen-bond acceptors (Lipinski definition) is 9. The van der Waals surface area contributed by atoms with E-state index in [9.17, 15) is 10.5 Å². The smallest absolute Gasteiger partial charge is 0.261 e. The molecule has 9 nitrogen and oxygen atoms in total. The van der Waals surface area contributed by atoms with E-state index < -0.39 is 0 Å². The first-order valence-electron chi connectivity index (χ1n) is 7.63. The van der Waals surface area contributed by atoms with Crippen molar-refractivity contribution < 1.29 is 13.8 Å². The summed E-state index contributed by atoms with van der Waals surface area (Å²) >= 11 is 0. The van der Waals surface area contributed by atoms with Gasteiger partial charge in [0.05, 0.1) is 0 Å². The third-order valence-electron chi connectivity index (χ3n) is 3.47. The minimum atomic E-state index is -0.232. The molecule has 2 heterocycles. The predicted octanol–water partition coefficient (Wildman–Crippen LogP) is 3.14. The molecule has 0 radical (unpaired) electrons. The molecule has 0 saturated carbocycles. The summed E-state index contributed by atoms with van der Waals surface area (Å²) in [5.74, 6) is -0.0384. The second-order valence-corrected chi connectivity index (χ2v) is 5.16. The zero-order valence-corrected chi connectivity index (χ0v) is 13.5. The molecule has 9 heteroatoms. The van der Waals surface area contributed by atoms with Crippen LogP contribution in [0.1, 0.15) is 11.8 Å². The van der Waals surface area contributed by atoms with Crippen molar-refractivity contribution in [2.45, 2.75) is 0 Å². The molecule has 2 aromatic carbocycles. The second-order valence-electron chi connectivity index (χ2n) is 5.16. The lowest BCUT2D eigenvalue weighted by Gasteiger charge is -1.91. The molecule has 0 atom stereocenters. The Bertz CT molecular complexity index is 1120. The van der Waals surface area contributed by atoms with Gasteiger partial charge in [-0.2, -0.15) is 10.5 Å². The summed E-state index contributed by atoms with van der Waals surface area (Å²) in [7, 11) is 0. The zero-order valence-electron chi connectivity index (χ0n) is 13.5. The molecule has 0 spiro atoms. The third kappa shape index (κ3) is 3.08. The summed E-state index contributed by atoms with van der Waals surface area (Å²) in [4.78, 5) is 13.1. The Morgan fingerprint density at radius 1 is 0.778 bits per heavy atom. The number of rotatable bonds is 4. The van der Waals surface area contributed by atoms with Gasteiger partial charge < -0.3 is 8.83 Å². The van der Waals surface area contributed by atoms with Crippen molar-refractivity contribution in [3.05, 3.63) is 60.3 Å². The lowest BCUT2D eigenvalue weighted by molar-refractivity contribution is 0.156. The molecule has 0 aliphatic carbocycles. The molecule has 0 unspecified atom stereocenters. The van der Waals surface area contributed by atoms with Crippen LogP contribution in [0.15, 0.2) is 67.7 Å². The van der Waals surface area contributed by atoms with E-state index in [1.165, 1.54) is 0 Å². The highest BCUT2D eigenvalue weighted by Gasteiger charge is 2.15. The molecule has 0 bridgehead atoms. The Kier molecular flexibility index (Phi) is 4.02. The van der Waals surface area contributed by atoms with E-state index in [1.807, 2.05) is 12.1 Å². The maximum atomic E-state index is 9.23. The van der Waals surface area contributed by atoms with Gasteiger partial charge in [0, 0.05) is 0 Å². The van der Waals surface area contributed by atoms with E-state index in [2.05, 4.69) is 20.3 Å². The monoisotopic (exact) mass is 356 g/mol. The van der Waals surface area contributed by atoms with Gasteiger partial charge in [0.1, 0.15) is 23.2 Å². The van der Waals surface area contributed by atoms with Crippen molar-refractivity contribution in [2.75, 3.05) is 0 Å². The maximum Gasteiger partial charge on any atom is 0.261 e. The highest BCUT2D eigenvalue weighted by molar-refractivity contribution is 6.10. The predicted molar refractivity (Wildman–Crippen MR) is 93.4 cm³/mol. The van der Waals surface area contributed by atoms with E-state index in [1.54, 1.807) is 48.5 Å². The molecule has 2 aromatic heterocycles. The van der Waals surface area contributed by atoms with Crippen LogP contribution in [-0.4, -0.2) is 21.4 Å². The summed E-state index contributed by atoms with van der Waals surface area (Å²) in [6.45, 7) is 0. The van der Waals surface area contributed by atoms with Gasteiger partial charge >= 0.3 is 0 Å². The number of fused-ring (bicyclic) bond motifs is 2. The fourth-order valence-electron chi connectivity index (χ4n) is 2.26. The van der Waals surface area contributed by atoms with Gasteiger partial charge in [0.25, 0.3) is 11.8 Å². The van der Waals surface area contributed by atoms with E-state index in [4.69, 9.17) is 13.8 Å². The molecule has 0 aliphatic rings. The molecular weight excluding hydrogens is 348 g/mol. The summed E-state index contributed by atoms with van der Waals surface area (Å²) in [5.41, 5.74) is 1.69. The summed E-state index contributed by atoms with van der Waals surface area (Å²) in [6.07, 6.45) is 0. The van der Waals surface area contributed by atoms with Crippen molar-refractivity contribution >= 4 is 33.6 Å². The molecule has 0 amide bonds. The van der Waals surface area contributed by atoms with Gasteiger partial charge in [0.2, 0.25) is 11.4 Å². The normalized spacial score (nSPS) is 12.1. The maximum absolute atomic E-state index is 9.23. The van der Waals surface area contributed by atoms with Crippen LogP contribution in [0, 0.1) is 22.7 Å². The van der Waals surface area contributed by atoms with E-state index in [0.29, 0.717) is 22.2 Å². The number of aromatic nitrogens is 2. The van der Waals surface area contributed by atoms with E-state index in [-0.39, 0.29) is 23.2 Å². The average molecular weight is 356 g/mol. The first kappa shape index (κ1) is 16.0. The average Bonchev–Trinajstić information content (AvgIpc) is 3.32. The summed E-state index contributed by atoms with van der Waals surface area (Å²) in [6, 6.07) is 17.6. The molecule has 4 aromatic rings. The van der Waals surface area contributed by atoms with Crippen LogP contribution in [0.5, 0.6) is 0 Å². The van der Waals surface area contributed by atoms with Crippen molar-refractivity contribution in [3.63, 3.8) is 0 Å². The highest BCUT2D eigenvalue weighted by Crippen LogP contribution is 2.16. The number of benzene rings is 2. The number of oxime groups is 2. The highest BCUT2D eigenvalue weighted by atomic mass is 16.8. The van der Waals surface area contributed by atoms with Gasteiger partial charge in [-0.25, -0.2) is 14.9 Å². The Balaban J connectivity index is 1.61. The van der Waals surface area contributed by atoms with Crippen LogP contribution in [0.2, 0.25) is 0 Å². The lowest BCUT2D eigenvalue weighted by atomic mass is 10.3. The van der Waals surface area contributed by atoms with Crippen molar-refractivity contribution in [2.24, 2.45) is 10.3 Å². The number of hydrogen-bond donors (Lipinski definition) is 0. The fourth-order valence-corrected chi connectivity index (χ4v) is 2.26. The van der Waals surface area contributed by atoms with Crippen LogP contribution in [0.25, 0.3) is 22.2 Å². The molecule has 0 aliphatic heterocycles. The van der Waals surface area contributed by atoms with E-state index in [0.717, 1.165) is 0 Å². The largest absolute Gasteiger partial charge is 0.434 e.